The maximum absolute atomic E-state index is 11.7. The molecule has 0 N–H and O–H groups in total. The highest BCUT2D eigenvalue weighted by atomic mass is 16.6. The van der Waals surface area contributed by atoms with Gasteiger partial charge in [0.05, 0.1) is 19.8 Å². The Morgan fingerprint density at radius 3 is 2.73 bits per heavy atom. The van der Waals surface area contributed by atoms with Crippen LogP contribution >= 0.6 is 0 Å². The van der Waals surface area contributed by atoms with E-state index < -0.39 is 18.0 Å². The molecule has 1 saturated heterocycles. The Balaban J connectivity index is 1.63. The van der Waals surface area contributed by atoms with Gasteiger partial charge < -0.3 is 18.9 Å². The van der Waals surface area contributed by atoms with E-state index in [-0.39, 0.29) is 0 Å². The second-order valence-corrected chi connectivity index (χ2v) is 4.97. The largest absolute Gasteiger partial charge is 0.490 e. The fourth-order valence-corrected chi connectivity index (χ4v) is 2.21. The molecule has 0 spiro atoms. The predicted octanol–water partition coefficient (Wildman–Crippen LogP) is 1.72. The zero-order chi connectivity index (χ0) is 15.4. The van der Waals surface area contributed by atoms with Crippen molar-refractivity contribution in [3.63, 3.8) is 0 Å². The summed E-state index contributed by atoms with van der Waals surface area (Å²) in [5.74, 6) is 0.298. The normalized spacial score (nSPS) is 20.5. The van der Waals surface area contributed by atoms with Gasteiger partial charge in [0.15, 0.2) is 11.5 Å². The third-order valence-electron chi connectivity index (χ3n) is 3.33. The van der Waals surface area contributed by atoms with Crippen LogP contribution in [0.25, 0.3) is 6.08 Å². The monoisotopic (exact) mass is 304 g/mol. The number of carbonyl (C=O) groups is 2. The zero-order valence-corrected chi connectivity index (χ0v) is 11.9. The van der Waals surface area contributed by atoms with Crippen molar-refractivity contribution in [1.29, 1.82) is 0 Å². The molecule has 1 aromatic rings. The Hall–Kier alpha value is -2.50. The lowest BCUT2D eigenvalue weighted by Gasteiger charge is -2.07. The maximum atomic E-state index is 11.7. The van der Waals surface area contributed by atoms with Gasteiger partial charge in [-0.15, -0.1) is 0 Å². The molecule has 6 heteroatoms. The highest BCUT2D eigenvalue weighted by Crippen LogP contribution is 2.30. The van der Waals surface area contributed by atoms with Crippen molar-refractivity contribution in [2.75, 3.05) is 19.8 Å². The van der Waals surface area contributed by atoms with Gasteiger partial charge in [-0.1, -0.05) is 6.07 Å². The Bertz CT molecular complexity index is 607. The van der Waals surface area contributed by atoms with E-state index in [9.17, 15) is 9.59 Å². The van der Waals surface area contributed by atoms with E-state index >= 15 is 0 Å². The Labute approximate surface area is 127 Å². The molecule has 1 fully saturated rings. The fourth-order valence-electron chi connectivity index (χ4n) is 2.21. The number of hydrogen-bond donors (Lipinski definition) is 0. The van der Waals surface area contributed by atoms with Crippen LogP contribution in [0.15, 0.2) is 24.3 Å². The summed E-state index contributed by atoms with van der Waals surface area (Å²) < 4.78 is 20.9. The third-order valence-corrected chi connectivity index (χ3v) is 3.33. The summed E-state index contributed by atoms with van der Waals surface area (Å²) in [5.41, 5.74) is 0.787. The second kappa shape index (κ2) is 6.51. The van der Waals surface area contributed by atoms with Crippen LogP contribution in [-0.4, -0.2) is 37.9 Å². The van der Waals surface area contributed by atoms with Gasteiger partial charge in [0.1, 0.15) is 0 Å². The summed E-state index contributed by atoms with van der Waals surface area (Å²) in [6.45, 7) is 1.53. The Morgan fingerprint density at radius 1 is 1.14 bits per heavy atom. The minimum absolute atomic E-state index is 0.294. The number of fused-ring (bicyclic) bond motifs is 1. The Morgan fingerprint density at radius 2 is 1.95 bits per heavy atom. The van der Waals surface area contributed by atoms with Crippen molar-refractivity contribution in [2.24, 2.45) is 0 Å². The van der Waals surface area contributed by atoms with Gasteiger partial charge in [-0.3, -0.25) is 0 Å². The number of cyclic esters (lactones) is 1. The third kappa shape index (κ3) is 3.39. The highest BCUT2D eigenvalue weighted by Gasteiger charge is 2.29. The molecule has 0 saturated carbocycles. The first-order valence-corrected chi connectivity index (χ1v) is 7.17. The predicted molar refractivity (Wildman–Crippen MR) is 76.5 cm³/mol. The molecule has 116 valence electrons. The standard InChI is InChI=1S/C16H16O6/c17-15(22-13-6-9-21-16(13)18)5-3-11-2-4-12-14(10-11)20-8-1-7-19-12/h2-5,10,13H,1,6-9H2/b5-3+/t13-/m1/s1. The van der Waals surface area contributed by atoms with Crippen LogP contribution < -0.4 is 9.47 Å². The van der Waals surface area contributed by atoms with Crippen molar-refractivity contribution in [2.45, 2.75) is 18.9 Å². The topological polar surface area (TPSA) is 71.1 Å². The lowest BCUT2D eigenvalue weighted by atomic mass is 10.2. The van der Waals surface area contributed by atoms with Crippen LogP contribution in [0.5, 0.6) is 11.5 Å². The van der Waals surface area contributed by atoms with E-state index in [1.165, 1.54) is 6.08 Å². The highest BCUT2D eigenvalue weighted by molar-refractivity contribution is 5.89. The van der Waals surface area contributed by atoms with E-state index in [0.29, 0.717) is 37.7 Å². The van der Waals surface area contributed by atoms with Crippen molar-refractivity contribution in [3.05, 3.63) is 29.8 Å². The molecule has 1 atom stereocenters. The van der Waals surface area contributed by atoms with E-state index in [0.717, 1.165) is 12.0 Å². The molecule has 0 radical (unpaired) electrons. The van der Waals surface area contributed by atoms with Crippen molar-refractivity contribution < 1.29 is 28.5 Å². The van der Waals surface area contributed by atoms with Crippen molar-refractivity contribution in [1.82, 2.24) is 0 Å². The van der Waals surface area contributed by atoms with Gasteiger partial charge in [-0.2, -0.15) is 0 Å². The summed E-state index contributed by atoms with van der Waals surface area (Å²) in [6, 6.07) is 5.43. The molecular weight excluding hydrogens is 288 g/mol. The van der Waals surface area contributed by atoms with Crippen LogP contribution in [-0.2, 0) is 19.1 Å². The minimum atomic E-state index is -0.791. The molecule has 0 amide bonds. The molecule has 2 aliphatic rings. The van der Waals surface area contributed by atoms with Gasteiger partial charge in [0, 0.05) is 18.9 Å². The van der Waals surface area contributed by atoms with Crippen LogP contribution in [0, 0.1) is 0 Å². The first kappa shape index (κ1) is 14.4. The lowest BCUT2D eigenvalue weighted by Crippen LogP contribution is -2.21. The summed E-state index contributed by atoms with van der Waals surface area (Å²) in [7, 11) is 0. The summed E-state index contributed by atoms with van der Waals surface area (Å²) in [5, 5.41) is 0. The van der Waals surface area contributed by atoms with Crippen molar-refractivity contribution in [3.8, 4) is 11.5 Å². The van der Waals surface area contributed by atoms with E-state index in [1.807, 2.05) is 6.07 Å². The van der Waals surface area contributed by atoms with Crippen LogP contribution in [0.2, 0.25) is 0 Å². The number of rotatable bonds is 3. The number of benzene rings is 1. The average Bonchev–Trinajstić information content (AvgIpc) is 2.78. The summed E-state index contributed by atoms with van der Waals surface area (Å²) in [4.78, 5) is 22.9. The van der Waals surface area contributed by atoms with Crippen LogP contribution in [0.1, 0.15) is 18.4 Å². The van der Waals surface area contributed by atoms with Gasteiger partial charge in [-0.05, 0) is 23.8 Å². The van der Waals surface area contributed by atoms with E-state index in [2.05, 4.69) is 0 Å². The Kier molecular flexibility index (Phi) is 4.27. The first-order chi connectivity index (χ1) is 10.7. The fraction of sp³-hybridized carbons (Fsp3) is 0.375. The molecule has 1 aromatic carbocycles. The van der Waals surface area contributed by atoms with E-state index in [4.69, 9.17) is 18.9 Å². The molecule has 6 nitrogen and oxygen atoms in total. The number of esters is 2. The molecule has 3 rings (SSSR count). The molecule has 0 aliphatic carbocycles. The second-order valence-electron chi connectivity index (χ2n) is 4.97. The van der Waals surface area contributed by atoms with Crippen molar-refractivity contribution >= 4 is 18.0 Å². The molecule has 0 unspecified atom stereocenters. The number of hydrogen-bond acceptors (Lipinski definition) is 6. The maximum Gasteiger partial charge on any atom is 0.347 e. The van der Waals surface area contributed by atoms with Gasteiger partial charge in [-0.25, -0.2) is 9.59 Å². The minimum Gasteiger partial charge on any atom is -0.490 e. The van der Waals surface area contributed by atoms with Gasteiger partial charge >= 0.3 is 11.9 Å². The van der Waals surface area contributed by atoms with Crippen LogP contribution in [0.4, 0.5) is 0 Å². The van der Waals surface area contributed by atoms with Gasteiger partial charge in [0.2, 0.25) is 6.10 Å². The smallest absolute Gasteiger partial charge is 0.347 e. The first-order valence-electron chi connectivity index (χ1n) is 7.17. The molecule has 0 aromatic heterocycles. The number of ether oxygens (including phenoxy) is 4. The molecule has 0 bridgehead atoms. The van der Waals surface area contributed by atoms with E-state index in [1.54, 1.807) is 18.2 Å². The summed E-state index contributed by atoms with van der Waals surface area (Å²) >= 11 is 0. The van der Waals surface area contributed by atoms with Gasteiger partial charge in [0.25, 0.3) is 0 Å². The average molecular weight is 304 g/mol. The lowest BCUT2D eigenvalue weighted by molar-refractivity contribution is -0.156. The molecule has 2 aliphatic heterocycles. The van der Waals surface area contributed by atoms with Crippen LogP contribution in [0.3, 0.4) is 0 Å². The quantitative estimate of drug-likeness (QED) is 0.625. The molecular formula is C16H16O6. The molecule has 22 heavy (non-hydrogen) atoms. The number of carbonyl (C=O) groups excluding carboxylic acids is 2. The SMILES string of the molecule is O=C(/C=C/c1ccc2c(c1)OCCCO2)O[C@@H]1CCOC1=O. The summed E-state index contributed by atoms with van der Waals surface area (Å²) in [6.07, 6.45) is 3.34. The zero-order valence-electron chi connectivity index (χ0n) is 11.9. The molecule has 2 heterocycles.